The first kappa shape index (κ1) is 14.8. The molecule has 0 saturated heterocycles. The van der Waals surface area contributed by atoms with E-state index < -0.39 is 51.3 Å². The monoisotopic (exact) mass is 437 g/mol. The van der Waals surface area contributed by atoms with Crippen molar-refractivity contribution in [3.8, 4) is 0 Å². The van der Waals surface area contributed by atoms with Crippen molar-refractivity contribution in [2.45, 2.75) is 69.3 Å². The standard InChI is InChI=1S/C22H29N3O4S/c1-12(13-7-8-13)15-10-9-14-5-4-6-16(14)19(15)25-20(26)18-17(22(2,3)27)11-29-21(18)30(23,24)28/h9-13,27H,4-8H2,1-3H3,(H,25,26)(H3,23,24,28)/t12-/m0/s1/i2D3,3D3. The summed E-state index contributed by atoms with van der Waals surface area (Å²) in [6.07, 6.45) is 5.04. The Kier molecular flexibility index (Phi) is 3.55. The van der Waals surface area contributed by atoms with E-state index in [-0.39, 0.29) is 5.92 Å². The molecule has 0 spiro atoms. The molecule has 5 N–H and O–H groups in total. The lowest BCUT2D eigenvalue weighted by Gasteiger charge is -2.22. The van der Waals surface area contributed by atoms with E-state index in [4.69, 9.17) is 22.6 Å². The minimum atomic E-state index is -4.25. The zero-order valence-corrected chi connectivity index (χ0v) is 17.4. The molecule has 1 unspecified atom stereocenters. The van der Waals surface area contributed by atoms with Crippen molar-refractivity contribution >= 4 is 21.5 Å². The number of carbonyl (C=O) groups is 1. The summed E-state index contributed by atoms with van der Waals surface area (Å²) in [7, 11) is -4.25. The molecule has 1 aromatic carbocycles. The summed E-state index contributed by atoms with van der Waals surface area (Å²) in [5, 5.41) is 18.3. The molecule has 2 aliphatic carbocycles. The molecule has 0 radical (unpaired) electrons. The topological polar surface area (TPSA) is 129 Å². The number of furan rings is 1. The predicted octanol–water partition coefficient (Wildman–Crippen LogP) is 4.04. The highest BCUT2D eigenvalue weighted by Crippen LogP contribution is 2.46. The van der Waals surface area contributed by atoms with Gasteiger partial charge in [0, 0.05) is 19.5 Å². The molecule has 2 atom stereocenters. The number of rotatable bonds is 6. The predicted molar refractivity (Wildman–Crippen MR) is 115 cm³/mol. The summed E-state index contributed by atoms with van der Waals surface area (Å²) in [5.74, 6) is -0.492. The number of hydrogen-bond donors (Lipinski definition) is 4. The van der Waals surface area contributed by atoms with E-state index >= 15 is 0 Å². The molecular formula is C22H29N3O4S. The van der Waals surface area contributed by atoms with Gasteiger partial charge in [0.15, 0.2) is 9.92 Å². The molecule has 4 rings (SSSR count). The maximum atomic E-state index is 13.7. The SMILES string of the molecule is [2H]C([2H])([2H])C(O)(c1coc(S(=N)(N)=O)c1C(=O)Nc1c([C@@H](C)C2CC2)ccc2c1CCC2)C([2H])([2H])[2H]. The number of nitrogens with two attached hydrogens (primary N) is 1. The largest absolute Gasteiger partial charge is 0.452 e. The maximum Gasteiger partial charge on any atom is 0.260 e. The van der Waals surface area contributed by atoms with Gasteiger partial charge in [0.25, 0.3) is 5.91 Å². The number of anilines is 1. The van der Waals surface area contributed by atoms with Gasteiger partial charge in [-0.05, 0) is 74.3 Å². The van der Waals surface area contributed by atoms with Crippen LogP contribution in [0.4, 0.5) is 5.69 Å². The number of aliphatic hydroxyl groups is 1. The zero-order valence-electron chi connectivity index (χ0n) is 22.6. The van der Waals surface area contributed by atoms with Gasteiger partial charge in [-0.3, -0.25) is 4.79 Å². The van der Waals surface area contributed by atoms with Crippen LogP contribution in [0.2, 0.25) is 0 Å². The Balaban J connectivity index is 1.90. The first-order valence-electron chi connectivity index (χ1n) is 12.9. The van der Waals surface area contributed by atoms with E-state index in [0.29, 0.717) is 24.3 Å². The smallest absolute Gasteiger partial charge is 0.260 e. The van der Waals surface area contributed by atoms with E-state index in [1.165, 1.54) is 0 Å². The number of carbonyl (C=O) groups excluding carboxylic acids is 1. The fourth-order valence-corrected chi connectivity index (χ4v) is 4.98. The van der Waals surface area contributed by atoms with Gasteiger partial charge in [-0.15, -0.1) is 0 Å². The van der Waals surface area contributed by atoms with Gasteiger partial charge in [0.1, 0.15) is 5.56 Å². The molecular weight excluding hydrogens is 402 g/mol. The highest BCUT2D eigenvalue weighted by molar-refractivity contribution is 7.90. The van der Waals surface area contributed by atoms with Gasteiger partial charge < -0.3 is 14.8 Å². The summed E-state index contributed by atoms with van der Waals surface area (Å²) in [4.78, 5) is 13.7. The van der Waals surface area contributed by atoms with Crippen molar-refractivity contribution in [1.29, 1.82) is 4.78 Å². The zero-order chi connectivity index (χ0) is 26.8. The van der Waals surface area contributed by atoms with Crippen LogP contribution in [0.1, 0.15) is 86.6 Å². The van der Waals surface area contributed by atoms with E-state index in [0.717, 1.165) is 42.4 Å². The molecule has 2 aliphatic rings. The first-order valence-corrected chi connectivity index (χ1v) is 11.5. The second kappa shape index (κ2) is 7.21. The molecule has 30 heavy (non-hydrogen) atoms. The third kappa shape index (κ3) is 3.79. The highest BCUT2D eigenvalue weighted by Gasteiger charge is 2.35. The van der Waals surface area contributed by atoms with Crippen LogP contribution in [0.5, 0.6) is 0 Å². The molecule has 162 valence electrons. The summed E-state index contributed by atoms with van der Waals surface area (Å²) in [6.45, 7) is -5.02. The van der Waals surface area contributed by atoms with Gasteiger partial charge in [0.2, 0.25) is 5.09 Å². The van der Waals surface area contributed by atoms with Crippen LogP contribution in [0.15, 0.2) is 27.9 Å². The molecule has 1 saturated carbocycles. The number of hydrogen-bond acceptors (Lipinski definition) is 5. The van der Waals surface area contributed by atoms with Crippen molar-refractivity contribution in [2.75, 3.05) is 5.32 Å². The van der Waals surface area contributed by atoms with Gasteiger partial charge in [-0.1, -0.05) is 19.1 Å². The molecule has 1 aromatic heterocycles. The molecule has 1 amide bonds. The van der Waals surface area contributed by atoms with Crippen LogP contribution in [-0.2, 0) is 28.4 Å². The van der Waals surface area contributed by atoms with Crippen LogP contribution in [0.25, 0.3) is 0 Å². The molecule has 0 aliphatic heterocycles. The van der Waals surface area contributed by atoms with Crippen molar-refractivity contribution < 1.29 is 26.8 Å². The first-order chi connectivity index (χ1) is 16.5. The van der Waals surface area contributed by atoms with Crippen LogP contribution in [0.3, 0.4) is 0 Å². The number of benzene rings is 1. The van der Waals surface area contributed by atoms with Crippen molar-refractivity contribution in [2.24, 2.45) is 11.1 Å². The highest BCUT2D eigenvalue weighted by atomic mass is 32.2. The Labute approximate surface area is 185 Å². The van der Waals surface area contributed by atoms with E-state index in [1.54, 1.807) is 0 Å². The van der Waals surface area contributed by atoms with Crippen molar-refractivity contribution in [3.63, 3.8) is 0 Å². The average molecular weight is 438 g/mol. The van der Waals surface area contributed by atoms with E-state index in [2.05, 4.69) is 12.2 Å². The van der Waals surface area contributed by atoms with Crippen molar-refractivity contribution in [3.05, 3.63) is 46.2 Å². The fourth-order valence-electron chi connectivity index (χ4n) is 4.28. The van der Waals surface area contributed by atoms with Crippen LogP contribution < -0.4 is 10.5 Å². The molecule has 8 heteroatoms. The Hall–Kier alpha value is -2.16. The van der Waals surface area contributed by atoms with Crippen LogP contribution in [0, 0.1) is 10.7 Å². The van der Waals surface area contributed by atoms with Gasteiger partial charge in [0.05, 0.1) is 11.9 Å². The quantitative estimate of drug-likeness (QED) is 0.543. The minimum Gasteiger partial charge on any atom is -0.452 e. The number of nitrogens with one attached hydrogen (secondary N) is 2. The molecule has 2 aromatic rings. The lowest BCUT2D eigenvalue weighted by molar-refractivity contribution is 0.0754. The molecule has 1 heterocycles. The minimum absolute atomic E-state index is 0.117. The average Bonchev–Trinajstić information content (AvgIpc) is 3.29. The van der Waals surface area contributed by atoms with Crippen LogP contribution >= 0.6 is 0 Å². The summed E-state index contributed by atoms with van der Waals surface area (Å²) >= 11 is 0. The van der Waals surface area contributed by atoms with E-state index in [1.807, 2.05) is 12.1 Å². The number of aryl methyl sites for hydroxylation is 1. The van der Waals surface area contributed by atoms with Crippen LogP contribution in [-0.4, -0.2) is 15.2 Å². The second-order valence-corrected chi connectivity index (χ2v) is 9.80. The fraction of sp³-hybridized carbons (Fsp3) is 0.500. The van der Waals surface area contributed by atoms with Gasteiger partial charge in [-0.2, -0.15) is 0 Å². The molecule has 1 fully saturated rings. The normalized spacial score (nSPS) is 23.0. The Morgan fingerprint density at radius 1 is 1.43 bits per heavy atom. The summed E-state index contributed by atoms with van der Waals surface area (Å²) < 4.78 is 71.8. The third-order valence-corrected chi connectivity index (χ3v) is 6.87. The Morgan fingerprint density at radius 2 is 2.17 bits per heavy atom. The number of fused-ring (bicyclic) bond motifs is 1. The molecule has 7 nitrogen and oxygen atoms in total. The summed E-state index contributed by atoms with van der Waals surface area (Å²) in [6, 6.07) is 3.97. The Bertz CT molecular complexity index is 1300. The molecule has 0 bridgehead atoms. The third-order valence-electron chi connectivity index (χ3n) is 6.02. The van der Waals surface area contributed by atoms with Gasteiger partial charge in [-0.25, -0.2) is 14.1 Å². The lowest BCUT2D eigenvalue weighted by atomic mass is 9.90. The second-order valence-electron chi connectivity index (χ2n) is 8.22. The van der Waals surface area contributed by atoms with Gasteiger partial charge >= 0.3 is 0 Å². The summed E-state index contributed by atoms with van der Waals surface area (Å²) in [5.41, 5.74) is -1.94. The van der Waals surface area contributed by atoms with Crippen molar-refractivity contribution in [1.82, 2.24) is 0 Å². The Morgan fingerprint density at radius 3 is 2.80 bits per heavy atom. The maximum absolute atomic E-state index is 13.7. The van der Waals surface area contributed by atoms with E-state index in [9.17, 15) is 14.1 Å². The lowest BCUT2D eigenvalue weighted by Crippen LogP contribution is -2.25. The number of amides is 1.